The van der Waals surface area contributed by atoms with E-state index < -0.39 is 30.3 Å². The molecular weight excluding hydrogens is 315 g/mol. The van der Waals surface area contributed by atoms with E-state index in [1.165, 1.54) is 24.3 Å². The zero-order valence-electron chi connectivity index (χ0n) is 10.6. The Morgan fingerprint density at radius 3 is 2.57 bits per heavy atom. The Labute approximate surface area is 123 Å². The summed E-state index contributed by atoms with van der Waals surface area (Å²) in [7, 11) is 0. The van der Waals surface area contributed by atoms with Gasteiger partial charge in [-0.15, -0.1) is 0 Å². The molecule has 0 amide bonds. The van der Waals surface area contributed by atoms with E-state index in [1.807, 2.05) is 0 Å². The average Bonchev–Trinajstić information content (AvgIpc) is 2.82. The number of hydrogen-bond donors (Lipinski definition) is 1. The molecule has 0 aliphatic carbocycles. The van der Waals surface area contributed by atoms with Gasteiger partial charge in [0, 0.05) is 0 Å². The molecule has 21 heavy (non-hydrogen) atoms. The molecule has 2 unspecified atom stereocenters. The monoisotopic (exact) mass is 326 g/mol. The third kappa shape index (κ3) is 4.23. The predicted octanol–water partition coefficient (Wildman–Crippen LogP) is 2.31. The van der Waals surface area contributed by atoms with Crippen LogP contribution in [0.5, 0.6) is 0 Å². The fraction of sp³-hybridized carbons (Fsp3) is 0.417. The van der Waals surface area contributed by atoms with E-state index in [4.69, 9.17) is 21.1 Å². The fourth-order valence-electron chi connectivity index (χ4n) is 1.69. The molecule has 1 fully saturated rings. The van der Waals surface area contributed by atoms with Crippen LogP contribution in [-0.4, -0.2) is 47.1 Å². The van der Waals surface area contributed by atoms with Crippen molar-refractivity contribution in [1.82, 2.24) is 0 Å². The molecule has 5 nitrogen and oxygen atoms in total. The van der Waals surface area contributed by atoms with Crippen LogP contribution in [0.1, 0.15) is 5.56 Å². The summed E-state index contributed by atoms with van der Waals surface area (Å²) in [6.07, 6.45) is -5.74. The van der Waals surface area contributed by atoms with Crippen molar-refractivity contribution in [2.45, 2.75) is 18.0 Å². The highest BCUT2D eigenvalue weighted by Gasteiger charge is 2.49. The molecule has 1 aromatic rings. The lowest BCUT2D eigenvalue weighted by Crippen LogP contribution is -2.35. The van der Waals surface area contributed by atoms with Gasteiger partial charge in [-0.05, 0) is 12.1 Å². The lowest BCUT2D eigenvalue weighted by molar-refractivity contribution is -0.964. The zero-order chi connectivity index (χ0) is 15.5. The predicted molar refractivity (Wildman–Crippen MR) is 65.1 cm³/mol. The van der Waals surface area contributed by atoms with Crippen molar-refractivity contribution >= 4 is 17.3 Å². The Balaban J connectivity index is 2.14. The van der Waals surface area contributed by atoms with Crippen LogP contribution in [0.3, 0.4) is 0 Å². The van der Waals surface area contributed by atoms with E-state index in [0.717, 1.165) is 0 Å². The van der Waals surface area contributed by atoms with Crippen molar-refractivity contribution < 1.29 is 37.6 Å². The van der Waals surface area contributed by atoms with Crippen LogP contribution >= 0.6 is 11.6 Å². The Bertz CT molecular complexity index is 509. The molecular formula is C12H12ClF3NO4+. The van der Waals surface area contributed by atoms with Gasteiger partial charge in [-0.25, -0.2) is 10.0 Å². The highest BCUT2D eigenvalue weighted by atomic mass is 35.5. The molecule has 0 bridgehead atoms. The molecule has 0 saturated carbocycles. The standard InChI is InChI=1S/C12H12ClF3NO4/c13-9-6-19-10(21-9)7-20-17(18)11(12(14,15)16)8-4-2-1-3-5-8/h1-5,9-10,18H,6-7H2/q+1. The Morgan fingerprint density at radius 2 is 2.05 bits per heavy atom. The van der Waals surface area contributed by atoms with Crippen LogP contribution in [0.4, 0.5) is 13.2 Å². The van der Waals surface area contributed by atoms with E-state index in [9.17, 15) is 18.4 Å². The van der Waals surface area contributed by atoms with Crippen molar-refractivity contribution in [3.05, 3.63) is 35.9 Å². The molecule has 9 heteroatoms. The summed E-state index contributed by atoms with van der Waals surface area (Å²) in [4.78, 5) is 4.31. The molecule has 1 aromatic carbocycles. The summed E-state index contributed by atoms with van der Waals surface area (Å²) >= 11 is 5.59. The molecule has 116 valence electrons. The van der Waals surface area contributed by atoms with Crippen LogP contribution in [0, 0.1) is 0 Å². The van der Waals surface area contributed by atoms with Gasteiger partial charge in [0.2, 0.25) is 17.8 Å². The largest absolute Gasteiger partial charge is 0.488 e. The summed E-state index contributed by atoms with van der Waals surface area (Å²) in [5.74, 6) is 0. The molecule has 0 aromatic heterocycles. The number of hydrogen-bond acceptors (Lipinski definition) is 4. The van der Waals surface area contributed by atoms with E-state index >= 15 is 0 Å². The molecule has 1 N–H and O–H groups in total. The van der Waals surface area contributed by atoms with Crippen LogP contribution in [0.2, 0.25) is 0 Å². The maximum absolute atomic E-state index is 13.0. The van der Waals surface area contributed by atoms with Crippen LogP contribution < -0.4 is 0 Å². The summed E-state index contributed by atoms with van der Waals surface area (Å²) in [6, 6.07) is 6.78. The van der Waals surface area contributed by atoms with Gasteiger partial charge in [0.15, 0.2) is 5.56 Å². The third-order valence-corrected chi connectivity index (χ3v) is 2.78. The normalized spacial score (nSPS) is 23.8. The second-order valence-electron chi connectivity index (χ2n) is 4.09. The van der Waals surface area contributed by atoms with Gasteiger partial charge in [0.05, 0.1) is 12.2 Å². The van der Waals surface area contributed by atoms with Crippen molar-refractivity contribution in [2.75, 3.05) is 13.2 Å². The number of ether oxygens (including phenoxy) is 2. The topological polar surface area (TPSA) is 50.9 Å². The Kier molecular flexibility index (Phi) is 4.92. The first kappa shape index (κ1) is 15.9. The van der Waals surface area contributed by atoms with Crippen molar-refractivity contribution in [2.24, 2.45) is 0 Å². The fourth-order valence-corrected chi connectivity index (χ4v) is 1.88. The first-order valence-electron chi connectivity index (χ1n) is 5.90. The lowest BCUT2D eigenvalue weighted by Gasteiger charge is -2.08. The van der Waals surface area contributed by atoms with E-state index in [1.54, 1.807) is 6.07 Å². The van der Waals surface area contributed by atoms with Crippen molar-refractivity contribution in [3.8, 4) is 0 Å². The van der Waals surface area contributed by atoms with E-state index in [0.29, 0.717) is 0 Å². The van der Waals surface area contributed by atoms with Gasteiger partial charge < -0.3 is 9.47 Å². The number of rotatable bonds is 4. The first-order valence-corrected chi connectivity index (χ1v) is 6.34. The highest BCUT2D eigenvalue weighted by molar-refractivity contribution is 6.19. The maximum Gasteiger partial charge on any atom is 0.488 e. The van der Waals surface area contributed by atoms with E-state index in [-0.39, 0.29) is 17.1 Å². The molecule has 1 saturated heterocycles. The molecule has 2 atom stereocenters. The summed E-state index contributed by atoms with van der Waals surface area (Å²) in [5.41, 5.74) is -2.27. The lowest BCUT2D eigenvalue weighted by atomic mass is 10.1. The van der Waals surface area contributed by atoms with Crippen LogP contribution in [-0.2, 0) is 14.3 Å². The SMILES string of the molecule is O[N+](OCC1OCC(Cl)O1)=C(c1ccccc1)C(F)(F)F. The van der Waals surface area contributed by atoms with Crippen molar-refractivity contribution in [3.63, 3.8) is 0 Å². The van der Waals surface area contributed by atoms with Gasteiger partial charge in [0.25, 0.3) is 0 Å². The van der Waals surface area contributed by atoms with Gasteiger partial charge in [-0.3, -0.25) is 0 Å². The highest BCUT2D eigenvalue weighted by Crippen LogP contribution is 2.22. The number of nitrogens with zero attached hydrogens (tertiary/aromatic N) is 1. The molecule has 1 heterocycles. The van der Waals surface area contributed by atoms with Crippen LogP contribution in [0.15, 0.2) is 30.3 Å². The average molecular weight is 327 g/mol. The summed E-state index contributed by atoms with van der Waals surface area (Å²) < 4.78 is 49.0. The minimum absolute atomic E-state index is 0.0928. The molecule has 1 aliphatic rings. The smallest absolute Gasteiger partial charge is 0.345 e. The summed E-state index contributed by atoms with van der Waals surface area (Å²) in [6.45, 7) is -0.346. The Hall–Kier alpha value is -1.51. The zero-order valence-corrected chi connectivity index (χ0v) is 11.3. The first-order chi connectivity index (χ1) is 9.88. The minimum Gasteiger partial charge on any atom is -0.345 e. The van der Waals surface area contributed by atoms with Crippen LogP contribution in [0.25, 0.3) is 0 Å². The second-order valence-corrected chi connectivity index (χ2v) is 4.58. The van der Waals surface area contributed by atoms with Crippen molar-refractivity contribution in [1.29, 1.82) is 0 Å². The molecule has 2 rings (SSSR count). The molecule has 1 aliphatic heterocycles. The quantitative estimate of drug-likeness (QED) is 0.399. The van der Waals surface area contributed by atoms with Gasteiger partial charge >= 0.3 is 11.9 Å². The van der Waals surface area contributed by atoms with Gasteiger partial charge in [-0.2, -0.15) is 13.2 Å². The maximum atomic E-state index is 13.0. The number of halogens is 4. The van der Waals surface area contributed by atoms with E-state index in [2.05, 4.69) is 4.84 Å². The summed E-state index contributed by atoms with van der Waals surface area (Å²) in [5, 5.41) is 9.53. The minimum atomic E-state index is -4.80. The number of benzene rings is 1. The molecule has 0 radical (unpaired) electrons. The van der Waals surface area contributed by atoms with Gasteiger partial charge in [-0.1, -0.05) is 29.8 Å². The van der Waals surface area contributed by atoms with Gasteiger partial charge in [0.1, 0.15) is 0 Å². The second kappa shape index (κ2) is 6.50. The number of alkyl halides is 4. The Morgan fingerprint density at radius 1 is 1.38 bits per heavy atom. The third-order valence-electron chi connectivity index (χ3n) is 2.55. The molecule has 0 spiro atoms.